The summed E-state index contributed by atoms with van der Waals surface area (Å²) in [7, 11) is 1.61. The summed E-state index contributed by atoms with van der Waals surface area (Å²) in [6.45, 7) is 3.00. The zero-order chi connectivity index (χ0) is 18.5. The Kier molecular flexibility index (Phi) is 6.58. The van der Waals surface area contributed by atoms with E-state index in [1.165, 1.54) is 35.0 Å². The molecule has 6 nitrogen and oxygen atoms in total. The first-order valence-corrected chi connectivity index (χ1v) is 11.1. The van der Waals surface area contributed by atoms with E-state index in [4.69, 9.17) is 4.99 Å². The van der Waals surface area contributed by atoms with Gasteiger partial charge < -0.3 is 0 Å². The fourth-order valence-corrected chi connectivity index (χ4v) is 4.90. The quantitative estimate of drug-likeness (QED) is 0.577. The van der Waals surface area contributed by atoms with Gasteiger partial charge in [-0.05, 0) is 59.6 Å². The number of aryl methyl sites for hydroxylation is 2. The summed E-state index contributed by atoms with van der Waals surface area (Å²) in [6, 6.07) is 5.94. The standard InChI is InChI=1S/C18H25N5OS2/c1-13-7-6-10-16(23-18(24)22(2)20-21-23)15(13)12-26-17(25-3)19-11-14-8-4-5-9-14/h6-7,10,14H,4-5,8-9,11-12H2,1-3H3/b19-17-. The van der Waals surface area contributed by atoms with Crippen molar-refractivity contribution in [3.63, 3.8) is 0 Å². The molecule has 0 atom stereocenters. The summed E-state index contributed by atoms with van der Waals surface area (Å²) in [4.78, 5) is 17.1. The highest BCUT2D eigenvalue weighted by Gasteiger charge is 2.16. The average molecular weight is 392 g/mol. The first-order valence-electron chi connectivity index (χ1n) is 8.89. The molecule has 0 bridgehead atoms. The van der Waals surface area contributed by atoms with Crippen molar-refractivity contribution in [1.29, 1.82) is 0 Å². The smallest absolute Gasteiger partial charge is 0.271 e. The molecule has 0 aliphatic heterocycles. The van der Waals surface area contributed by atoms with Gasteiger partial charge in [0.15, 0.2) is 0 Å². The molecule has 0 N–H and O–H groups in total. The fraction of sp³-hybridized carbons (Fsp3) is 0.556. The van der Waals surface area contributed by atoms with E-state index in [-0.39, 0.29) is 5.69 Å². The lowest BCUT2D eigenvalue weighted by Crippen LogP contribution is -2.23. The number of nitrogens with zero attached hydrogens (tertiary/aromatic N) is 5. The fourth-order valence-electron chi connectivity index (χ4n) is 3.24. The third-order valence-electron chi connectivity index (χ3n) is 4.80. The Morgan fingerprint density at radius 1 is 1.31 bits per heavy atom. The monoisotopic (exact) mass is 391 g/mol. The summed E-state index contributed by atoms with van der Waals surface area (Å²) in [5, 5.41) is 7.83. The maximum absolute atomic E-state index is 12.2. The maximum atomic E-state index is 12.2. The van der Waals surface area contributed by atoms with Crippen molar-refractivity contribution in [1.82, 2.24) is 19.8 Å². The summed E-state index contributed by atoms with van der Waals surface area (Å²) in [5.74, 6) is 1.51. The molecule has 1 saturated carbocycles. The lowest BCUT2D eigenvalue weighted by Gasteiger charge is -2.12. The van der Waals surface area contributed by atoms with E-state index < -0.39 is 0 Å². The van der Waals surface area contributed by atoms with Crippen LogP contribution in [-0.2, 0) is 12.8 Å². The van der Waals surface area contributed by atoms with Gasteiger partial charge in [-0.3, -0.25) is 4.99 Å². The summed E-state index contributed by atoms with van der Waals surface area (Å²) in [5.41, 5.74) is 2.81. The Morgan fingerprint density at radius 2 is 2.08 bits per heavy atom. The molecule has 1 aromatic carbocycles. The summed E-state index contributed by atoms with van der Waals surface area (Å²) in [6.07, 6.45) is 7.40. The van der Waals surface area contributed by atoms with Crippen LogP contribution in [0.5, 0.6) is 0 Å². The van der Waals surface area contributed by atoms with Gasteiger partial charge in [-0.25, -0.2) is 4.79 Å². The first-order chi connectivity index (χ1) is 12.6. The lowest BCUT2D eigenvalue weighted by molar-refractivity contribution is 0.565. The zero-order valence-electron chi connectivity index (χ0n) is 15.5. The largest absolute Gasteiger partial charge is 0.368 e. The van der Waals surface area contributed by atoms with E-state index >= 15 is 0 Å². The Labute approximate surface area is 162 Å². The van der Waals surface area contributed by atoms with Crippen LogP contribution in [0.2, 0.25) is 0 Å². The Morgan fingerprint density at radius 3 is 2.73 bits per heavy atom. The number of benzene rings is 1. The molecule has 140 valence electrons. The Bertz CT molecular complexity index is 836. The second kappa shape index (κ2) is 8.90. The molecule has 0 radical (unpaired) electrons. The van der Waals surface area contributed by atoms with Crippen LogP contribution in [0.3, 0.4) is 0 Å². The van der Waals surface area contributed by atoms with Crippen molar-refractivity contribution in [3.05, 3.63) is 39.8 Å². The van der Waals surface area contributed by atoms with Gasteiger partial charge in [-0.1, -0.05) is 36.7 Å². The van der Waals surface area contributed by atoms with Gasteiger partial charge in [0.2, 0.25) is 0 Å². The second-order valence-corrected chi connectivity index (χ2v) is 8.64. The zero-order valence-corrected chi connectivity index (χ0v) is 17.1. The second-order valence-electron chi connectivity index (χ2n) is 6.62. The Balaban J connectivity index is 1.77. The maximum Gasteiger partial charge on any atom is 0.368 e. The van der Waals surface area contributed by atoms with Gasteiger partial charge in [-0.15, -0.1) is 11.8 Å². The molecule has 1 aliphatic rings. The van der Waals surface area contributed by atoms with Crippen molar-refractivity contribution in [2.45, 2.75) is 38.4 Å². The highest BCUT2D eigenvalue weighted by atomic mass is 32.2. The van der Waals surface area contributed by atoms with Gasteiger partial charge in [0.05, 0.1) is 5.69 Å². The molecule has 8 heteroatoms. The minimum absolute atomic E-state index is 0.234. The highest BCUT2D eigenvalue weighted by molar-refractivity contribution is 8.38. The molecular weight excluding hydrogens is 366 g/mol. The summed E-state index contributed by atoms with van der Waals surface area (Å²) < 4.78 is 3.73. The van der Waals surface area contributed by atoms with Crippen molar-refractivity contribution in [2.24, 2.45) is 18.0 Å². The van der Waals surface area contributed by atoms with E-state index in [1.54, 1.807) is 30.6 Å². The van der Waals surface area contributed by atoms with Gasteiger partial charge >= 0.3 is 5.69 Å². The van der Waals surface area contributed by atoms with Crippen LogP contribution in [0.4, 0.5) is 0 Å². The number of aliphatic imine (C=N–C) groups is 1. The number of thioether (sulfide) groups is 2. The van der Waals surface area contributed by atoms with Crippen LogP contribution < -0.4 is 5.69 Å². The molecule has 3 rings (SSSR count). The molecule has 1 fully saturated rings. The molecule has 0 unspecified atom stereocenters. The van der Waals surface area contributed by atoms with E-state index in [0.717, 1.165) is 39.4 Å². The molecule has 2 aromatic rings. The number of hydrogen-bond donors (Lipinski definition) is 0. The van der Waals surface area contributed by atoms with E-state index in [1.807, 2.05) is 12.1 Å². The molecule has 26 heavy (non-hydrogen) atoms. The molecular formula is C18H25N5OS2. The lowest BCUT2D eigenvalue weighted by atomic mass is 10.1. The SMILES string of the molecule is CS/C(=N/CC1CCCC1)SCc1c(C)cccc1-n1nnn(C)c1=O. The third kappa shape index (κ3) is 4.40. The molecule has 1 aliphatic carbocycles. The van der Waals surface area contributed by atoms with Crippen molar-refractivity contribution < 1.29 is 0 Å². The van der Waals surface area contributed by atoms with Gasteiger partial charge in [0.25, 0.3) is 0 Å². The molecule has 1 aromatic heterocycles. The van der Waals surface area contributed by atoms with Gasteiger partial charge in [0, 0.05) is 19.3 Å². The van der Waals surface area contributed by atoms with Crippen LogP contribution in [0, 0.1) is 12.8 Å². The minimum Gasteiger partial charge on any atom is -0.271 e. The van der Waals surface area contributed by atoms with Crippen LogP contribution in [0.1, 0.15) is 36.8 Å². The number of aromatic nitrogens is 4. The topological polar surface area (TPSA) is 65.1 Å². The van der Waals surface area contributed by atoms with E-state index in [9.17, 15) is 4.79 Å². The molecule has 1 heterocycles. The number of hydrogen-bond acceptors (Lipinski definition) is 6. The van der Waals surface area contributed by atoms with Gasteiger partial charge in [-0.2, -0.15) is 9.36 Å². The third-order valence-corrected chi connectivity index (χ3v) is 6.94. The van der Waals surface area contributed by atoms with Gasteiger partial charge in [0.1, 0.15) is 4.38 Å². The molecule has 0 saturated heterocycles. The Hall–Kier alpha value is -1.54. The van der Waals surface area contributed by atoms with Crippen LogP contribution >= 0.6 is 23.5 Å². The predicted molar refractivity (Wildman–Crippen MR) is 110 cm³/mol. The first kappa shape index (κ1) is 19.2. The predicted octanol–water partition coefficient (Wildman–Crippen LogP) is 3.42. The average Bonchev–Trinajstić information content (AvgIpc) is 3.27. The number of rotatable bonds is 5. The normalized spacial score (nSPS) is 15.7. The van der Waals surface area contributed by atoms with Crippen LogP contribution in [-0.4, -0.2) is 37.0 Å². The van der Waals surface area contributed by atoms with Crippen molar-refractivity contribution in [3.8, 4) is 5.69 Å². The highest BCUT2D eigenvalue weighted by Crippen LogP contribution is 2.28. The van der Waals surface area contributed by atoms with E-state index in [2.05, 4.69) is 29.7 Å². The molecule has 0 spiro atoms. The molecule has 0 amide bonds. The number of tetrazole rings is 1. The minimum atomic E-state index is -0.234. The van der Waals surface area contributed by atoms with Crippen molar-refractivity contribution >= 4 is 27.9 Å². The summed E-state index contributed by atoms with van der Waals surface area (Å²) >= 11 is 3.44. The van der Waals surface area contributed by atoms with E-state index in [0.29, 0.717) is 0 Å². The van der Waals surface area contributed by atoms with Crippen LogP contribution in [0.15, 0.2) is 28.0 Å². The van der Waals surface area contributed by atoms with Crippen LogP contribution in [0.25, 0.3) is 5.69 Å². The van der Waals surface area contributed by atoms with Crippen molar-refractivity contribution in [2.75, 3.05) is 12.8 Å².